The van der Waals surface area contributed by atoms with E-state index in [9.17, 15) is 0 Å². The van der Waals surface area contributed by atoms with Gasteiger partial charge in [-0.3, -0.25) is 0 Å². The van der Waals surface area contributed by atoms with Crippen molar-refractivity contribution in [3.8, 4) is 0 Å². The van der Waals surface area contributed by atoms with E-state index in [-0.39, 0.29) is 0 Å². The van der Waals surface area contributed by atoms with E-state index in [1.807, 2.05) is 0 Å². The zero-order valence-corrected chi connectivity index (χ0v) is 33.1. The first-order chi connectivity index (χ1) is 23.3. The molecule has 0 fully saturated rings. The number of aromatic nitrogens is 2. The summed E-state index contributed by atoms with van der Waals surface area (Å²) in [5.41, 5.74) is 0. The zero-order chi connectivity index (χ0) is 33.7. The first-order valence-corrected chi connectivity index (χ1v) is 22.4. The van der Waals surface area contributed by atoms with E-state index in [0.29, 0.717) is 0 Å². The molecule has 2 heteroatoms. The van der Waals surface area contributed by atoms with Crippen molar-refractivity contribution in [1.82, 2.24) is 4.57 Å². The summed E-state index contributed by atoms with van der Waals surface area (Å²) in [6.45, 7) is 9.40. The molecule has 2 nitrogen and oxygen atoms in total. The minimum absolute atomic E-state index is 1.23. The molecule has 1 rings (SSSR count). The van der Waals surface area contributed by atoms with Gasteiger partial charge in [0, 0.05) is 6.42 Å². The molecule has 1 heterocycles. The van der Waals surface area contributed by atoms with Crippen LogP contribution in [0.5, 0.6) is 0 Å². The van der Waals surface area contributed by atoms with Crippen molar-refractivity contribution >= 4 is 0 Å². The van der Waals surface area contributed by atoms with Crippen LogP contribution in [0.4, 0.5) is 0 Å². The number of hydrogen-bond donors (Lipinski definition) is 0. The lowest BCUT2D eigenvalue weighted by Gasteiger charge is -2.07. The largest absolute Gasteiger partial charge is 0.256 e. The summed E-state index contributed by atoms with van der Waals surface area (Å²) >= 11 is 0. The molecule has 0 saturated heterocycles. The van der Waals surface area contributed by atoms with Gasteiger partial charge in [0.1, 0.15) is 12.4 Å². The van der Waals surface area contributed by atoms with Crippen molar-refractivity contribution in [3.63, 3.8) is 0 Å². The van der Waals surface area contributed by atoms with Gasteiger partial charge in [-0.1, -0.05) is 220 Å². The molecular weight excluding hydrogens is 569 g/mol. The van der Waals surface area contributed by atoms with E-state index in [2.05, 4.69) is 42.3 Å². The van der Waals surface area contributed by atoms with Crippen molar-refractivity contribution in [3.05, 3.63) is 18.2 Å². The van der Waals surface area contributed by atoms with Crippen LogP contribution >= 0.6 is 0 Å². The number of imidazole rings is 1. The van der Waals surface area contributed by atoms with E-state index in [1.54, 1.807) is 5.82 Å². The van der Waals surface area contributed by atoms with E-state index in [1.165, 1.54) is 251 Å². The van der Waals surface area contributed by atoms with Gasteiger partial charge in [-0.15, -0.1) is 0 Å². The number of rotatable bonds is 39. The summed E-state index contributed by atoms with van der Waals surface area (Å²) in [5.74, 6) is 1.62. The molecule has 0 bridgehead atoms. The minimum atomic E-state index is 1.23. The number of nitrogens with zero attached hydrogens (tertiary/aromatic N) is 2. The smallest absolute Gasteiger partial charge is 0.234 e. The summed E-state index contributed by atoms with van der Waals surface area (Å²) in [5, 5.41) is 0. The Morgan fingerprint density at radius 2 is 0.660 bits per heavy atom. The van der Waals surface area contributed by atoms with Gasteiger partial charge < -0.3 is 0 Å². The predicted molar refractivity (Wildman–Crippen MR) is 212 cm³/mol. The van der Waals surface area contributed by atoms with Crippen LogP contribution in [0, 0.1) is 0 Å². The average molecular weight is 658 g/mol. The fourth-order valence-electron chi connectivity index (χ4n) is 7.56. The lowest BCUT2D eigenvalue weighted by atomic mass is 10.0. The highest BCUT2D eigenvalue weighted by molar-refractivity contribution is 4.84. The van der Waals surface area contributed by atoms with Crippen LogP contribution in [-0.2, 0) is 19.5 Å². The molecule has 0 spiro atoms. The topological polar surface area (TPSA) is 8.81 Å². The Labute approximate surface area is 298 Å². The summed E-state index contributed by atoms with van der Waals surface area (Å²) < 4.78 is 5.27. The maximum Gasteiger partial charge on any atom is 0.256 e. The average Bonchev–Trinajstić information content (AvgIpc) is 3.47. The molecular formula is C45H89N2+. The zero-order valence-electron chi connectivity index (χ0n) is 33.1. The maximum absolute atomic E-state index is 2.64. The van der Waals surface area contributed by atoms with Gasteiger partial charge in [-0.25, -0.2) is 9.13 Å². The van der Waals surface area contributed by atoms with Crippen LogP contribution in [0.1, 0.15) is 258 Å². The first-order valence-electron chi connectivity index (χ1n) is 22.4. The Morgan fingerprint density at radius 3 is 1.02 bits per heavy atom. The van der Waals surface area contributed by atoms with E-state index in [0.717, 1.165) is 0 Å². The van der Waals surface area contributed by atoms with E-state index >= 15 is 0 Å². The van der Waals surface area contributed by atoms with Crippen molar-refractivity contribution in [2.24, 2.45) is 0 Å². The summed E-state index contributed by atoms with van der Waals surface area (Å²) in [7, 11) is 0. The Kier molecular flexibility index (Phi) is 34.3. The van der Waals surface area contributed by atoms with Gasteiger partial charge in [0.05, 0.1) is 13.1 Å². The summed E-state index contributed by atoms with van der Waals surface area (Å²) in [4.78, 5) is 0. The first kappa shape index (κ1) is 44.2. The van der Waals surface area contributed by atoms with Gasteiger partial charge in [0.25, 0.3) is 5.82 Å². The van der Waals surface area contributed by atoms with Gasteiger partial charge in [0.15, 0.2) is 0 Å². The van der Waals surface area contributed by atoms with Crippen molar-refractivity contribution < 1.29 is 4.57 Å². The molecule has 0 unspecified atom stereocenters. The van der Waals surface area contributed by atoms with Crippen molar-refractivity contribution in [2.45, 2.75) is 271 Å². The van der Waals surface area contributed by atoms with Gasteiger partial charge in [0.2, 0.25) is 0 Å². The SMILES string of the molecule is CCCCCCCCCCCCCCCCCCn1cc[n+](CCCCCCC)c1CCCCCCCCCCCCCCCCC. The molecule has 0 aliphatic heterocycles. The Balaban J connectivity index is 2.15. The molecule has 1 aromatic heterocycles. The molecule has 0 amide bonds. The molecule has 278 valence electrons. The van der Waals surface area contributed by atoms with Crippen LogP contribution in [0.2, 0.25) is 0 Å². The quantitative estimate of drug-likeness (QED) is 0.0492. The second-order valence-electron chi connectivity index (χ2n) is 15.5. The van der Waals surface area contributed by atoms with Gasteiger partial charge >= 0.3 is 0 Å². The maximum atomic E-state index is 2.64. The molecule has 0 saturated carbocycles. The third kappa shape index (κ3) is 28.7. The van der Waals surface area contributed by atoms with Gasteiger partial charge in [-0.2, -0.15) is 0 Å². The van der Waals surface area contributed by atoms with Crippen LogP contribution in [0.3, 0.4) is 0 Å². The molecule has 0 radical (unpaired) electrons. The fourth-order valence-corrected chi connectivity index (χ4v) is 7.56. The monoisotopic (exact) mass is 658 g/mol. The standard InChI is InChI=1S/C45H89N2/c1-4-7-10-13-15-17-19-21-23-25-27-29-31-33-36-39-42-47-44-43-46(41-38-35-12-9-6-3)45(47)40-37-34-32-30-28-26-24-22-20-18-16-14-11-8-5-2/h43-44H,4-42H2,1-3H3/q+1. The predicted octanol–water partition coefficient (Wildman–Crippen LogP) is 15.4. The summed E-state index contributed by atoms with van der Waals surface area (Å²) in [6.07, 6.45) is 57.9. The molecule has 0 aromatic carbocycles. The Morgan fingerprint density at radius 1 is 0.362 bits per heavy atom. The van der Waals surface area contributed by atoms with E-state index < -0.39 is 0 Å². The number of hydrogen-bond acceptors (Lipinski definition) is 0. The Bertz CT molecular complexity index is 722. The fraction of sp³-hybridized carbons (Fsp3) is 0.933. The lowest BCUT2D eigenvalue weighted by molar-refractivity contribution is -0.704. The molecule has 0 N–H and O–H groups in total. The summed E-state index contributed by atoms with van der Waals surface area (Å²) in [6, 6.07) is 0. The van der Waals surface area contributed by atoms with Crippen molar-refractivity contribution in [2.75, 3.05) is 0 Å². The van der Waals surface area contributed by atoms with Crippen molar-refractivity contribution in [1.29, 1.82) is 0 Å². The van der Waals surface area contributed by atoms with Gasteiger partial charge in [-0.05, 0) is 32.1 Å². The normalized spacial score (nSPS) is 11.6. The molecule has 0 aliphatic rings. The highest BCUT2D eigenvalue weighted by Gasteiger charge is 2.16. The van der Waals surface area contributed by atoms with Crippen LogP contribution in [0.15, 0.2) is 12.4 Å². The molecule has 0 atom stereocenters. The molecule has 47 heavy (non-hydrogen) atoms. The second kappa shape index (κ2) is 36.5. The number of aryl methyl sites for hydroxylation is 2. The molecule has 1 aromatic rings. The van der Waals surface area contributed by atoms with E-state index in [4.69, 9.17) is 0 Å². The number of unbranched alkanes of at least 4 members (excludes halogenated alkanes) is 33. The second-order valence-corrected chi connectivity index (χ2v) is 15.5. The molecule has 0 aliphatic carbocycles. The highest BCUT2D eigenvalue weighted by atomic mass is 15.1. The minimum Gasteiger partial charge on any atom is -0.234 e. The highest BCUT2D eigenvalue weighted by Crippen LogP contribution is 2.16. The van der Waals surface area contributed by atoms with Crippen LogP contribution < -0.4 is 4.57 Å². The van der Waals surface area contributed by atoms with Crippen LogP contribution in [0.25, 0.3) is 0 Å². The third-order valence-electron chi connectivity index (χ3n) is 10.8. The Hall–Kier alpha value is -0.790. The lowest BCUT2D eigenvalue weighted by Crippen LogP contribution is -2.37. The third-order valence-corrected chi connectivity index (χ3v) is 10.8. The van der Waals surface area contributed by atoms with Crippen LogP contribution in [-0.4, -0.2) is 4.57 Å².